The van der Waals surface area contributed by atoms with Gasteiger partial charge in [0.15, 0.2) is 0 Å². The molecule has 0 radical (unpaired) electrons. The normalized spacial score (nSPS) is 22.3. The third-order valence-electron chi connectivity index (χ3n) is 5.54. The van der Waals surface area contributed by atoms with Crippen LogP contribution in [0.1, 0.15) is 17.9 Å². The van der Waals surface area contributed by atoms with Crippen molar-refractivity contribution >= 4 is 0 Å². The maximum Gasteiger partial charge on any atom is 0.135 e. The Labute approximate surface area is 157 Å². The molecule has 138 valence electrons. The first-order valence-corrected chi connectivity index (χ1v) is 9.27. The molecule has 1 atom stereocenters. The van der Waals surface area contributed by atoms with Crippen LogP contribution in [-0.4, -0.2) is 38.1 Å². The smallest absolute Gasteiger partial charge is 0.135 e. The topological polar surface area (TPSA) is 43.2 Å². The van der Waals surface area contributed by atoms with E-state index >= 15 is 0 Å². The number of aromatic nitrogens is 3. The molecule has 6 heteroatoms. The lowest BCUT2D eigenvalue weighted by atomic mass is 10.0. The maximum atomic E-state index is 13.3. The number of hydrogen-bond donors (Lipinski definition) is 0. The molecule has 0 N–H and O–H groups in total. The number of nitrogens with zero attached hydrogens (tertiary/aromatic N) is 4. The van der Waals surface area contributed by atoms with Gasteiger partial charge in [-0.3, -0.25) is 9.88 Å². The summed E-state index contributed by atoms with van der Waals surface area (Å²) >= 11 is 0. The molecule has 0 bridgehead atoms. The predicted molar refractivity (Wildman–Crippen MR) is 99.3 cm³/mol. The van der Waals surface area contributed by atoms with E-state index in [1.165, 1.54) is 12.1 Å². The van der Waals surface area contributed by atoms with Gasteiger partial charge in [0, 0.05) is 25.8 Å². The zero-order valence-electron chi connectivity index (χ0n) is 15.0. The van der Waals surface area contributed by atoms with E-state index in [2.05, 4.69) is 25.5 Å². The Morgan fingerprint density at radius 3 is 2.78 bits per heavy atom. The molecular formula is C21H21FN4O. The van der Waals surface area contributed by atoms with Crippen molar-refractivity contribution in [2.75, 3.05) is 13.1 Å². The molecule has 4 heterocycles. The van der Waals surface area contributed by atoms with Crippen LogP contribution in [0.4, 0.5) is 4.39 Å². The van der Waals surface area contributed by atoms with Crippen molar-refractivity contribution in [3.8, 4) is 11.3 Å². The minimum atomic E-state index is -0.224. The highest BCUT2D eigenvalue weighted by molar-refractivity contribution is 5.59. The summed E-state index contributed by atoms with van der Waals surface area (Å²) in [5, 5.41) is 0. The molecule has 5 nitrogen and oxygen atoms in total. The van der Waals surface area contributed by atoms with Crippen molar-refractivity contribution in [2.24, 2.45) is 0 Å². The third kappa shape index (κ3) is 3.15. The van der Waals surface area contributed by atoms with Crippen LogP contribution >= 0.6 is 0 Å². The molecule has 27 heavy (non-hydrogen) atoms. The maximum absolute atomic E-state index is 13.3. The molecule has 3 aromatic rings. The molecule has 2 aliphatic rings. The van der Waals surface area contributed by atoms with Gasteiger partial charge in [-0.25, -0.2) is 9.37 Å². The lowest BCUT2D eigenvalue weighted by Crippen LogP contribution is -2.44. The molecule has 2 aromatic heterocycles. The highest BCUT2D eigenvalue weighted by atomic mass is 19.1. The summed E-state index contributed by atoms with van der Waals surface area (Å²) in [6.45, 7) is 4.00. The molecule has 2 aliphatic heterocycles. The number of imidazole rings is 1. The van der Waals surface area contributed by atoms with Crippen molar-refractivity contribution in [3.05, 3.63) is 72.2 Å². The molecule has 1 fully saturated rings. The first-order chi connectivity index (χ1) is 13.2. The van der Waals surface area contributed by atoms with Gasteiger partial charge in [0.1, 0.15) is 23.8 Å². The monoisotopic (exact) mass is 364 g/mol. The van der Waals surface area contributed by atoms with Gasteiger partial charge >= 0.3 is 0 Å². The predicted octanol–water partition coefficient (Wildman–Crippen LogP) is 3.26. The van der Waals surface area contributed by atoms with Crippen LogP contribution in [-0.2, 0) is 24.4 Å². The molecule has 1 aromatic carbocycles. The summed E-state index contributed by atoms with van der Waals surface area (Å²) in [4.78, 5) is 11.4. The number of benzene rings is 1. The Morgan fingerprint density at radius 2 is 1.96 bits per heavy atom. The fourth-order valence-corrected chi connectivity index (χ4v) is 4.14. The van der Waals surface area contributed by atoms with Crippen molar-refractivity contribution < 1.29 is 9.13 Å². The Kier molecular flexibility index (Phi) is 4.02. The molecule has 0 amide bonds. The fraction of sp³-hybridized carbons (Fsp3) is 0.333. The van der Waals surface area contributed by atoms with E-state index < -0.39 is 0 Å². The van der Waals surface area contributed by atoms with Gasteiger partial charge in [-0.1, -0.05) is 6.07 Å². The quantitative estimate of drug-likeness (QED) is 0.716. The van der Waals surface area contributed by atoms with E-state index in [1.807, 2.05) is 36.7 Å². The molecule has 0 aliphatic carbocycles. The Balaban J connectivity index is 1.36. The van der Waals surface area contributed by atoms with Gasteiger partial charge in [-0.15, -0.1) is 0 Å². The van der Waals surface area contributed by atoms with Gasteiger partial charge in [0.25, 0.3) is 0 Å². The van der Waals surface area contributed by atoms with Crippen molar-refractivity contribution in [3.63, 3.8) is 0 Å². The van der Waals surface area contributed by atoms with E-state index in [4.69, 9.17) is 4.74 Å². The highest BCUT2D eigenvalue weighted by Crippen LogP contribution is 2.35. The Morgan fingerprint density at radius 1 is 1.07 bits per heavy atom. The van der Waals surface area contributed by atoms with E-state index in [-0.39, 0.29) is 11.4 Å². The second-order valence-electron chi connectivity index (χ2n) is 7.41. The number of fused-ring (bicyclic) bond motifs is 1. The molecule has 0 unspecified atom stereocenters. The van der Waals surface area contributed by atoms with E-state index in [1.54, 1.807) is 0 Å². The number of rotatable bonds is 3. The number of pyridine rings is 1. The van der Waals surface area contributed by atoms with E-state index in [0.29, 0.717) is 6.61 Å². The Hall–Kier alpha value is -2.57. The first-order valence-electron chi connectivity index (χ1n) is 9.27. The van der Waals surface area contributed by atoms with Crippen LogP contribution < -0.4 is 0 Å². The summed E-state index contributed by atoms with van der Waals surface area (Å²) < 4.78 is 21.8. The van der Waals surface area contributed by atoms with Gasteiger partial charge in [0.05, 0.1) is 24.1 Å². The van der Waals surface area contributed by atoms with Crippen LogP contribution in [0.3, 0.4) is 0 Å². The number of hydrogen-bond acceptors (Lipinski definition) is 4. The summed E-state index contributed by atoms with van der Waals surface area (Å²) in [6, 6.07) is 12.6. The standard InChI is InChI=1S/C21H21FN4O/c22-17-6-4-16(5-7-17)19-11-24-20-13-27-21(15-26(19)20)8-10-25(14-21)12-18-3-1-2-9-23-18/h1-7,9,11H,8,10,12-15H2/t21-/m0/s1. The third-order valence-corrected chi connectivity index (χ3v) is 5.54. The van der Waals surface area contributed by atoms with Crippen molar-refractivity contribution in [2.45, 2.75) is 31.7 Å². The Bertz CT molecular complexity index is 941. The minimum Gasteiger partial charge on any atom is -0.364 e. The van der Waals surface area contributed by atoms with Gasteiger partial charge < -0.3 is 9.30 Å². The average Bonchev–Trinajstić information content (AvgIpc) is 3.28. The van der Waals surface area contributed by atoms with Crippen molar-refractivity contribution in [1.29, 1.82) is 0 Å². The van der Waals surface area contributed by atoms with Crippen molar-refractivity contribution in [1.82, 2.24) is 19.4 Å². The molecule has 0 saturated carbocycles. The fourth-order valence-electron chi connectivity index (χ4n) is 4.14. The SMILES string of the molecule is Fc1ccc(-c2cnc3n2C[C@@]2(CCN(Cc4ccccn4)C2)OC3)cc1. The number of halogens is 1. The zero-order valence-corrected chi connectivity index (χ0v) is 15.0. The molecule has 1 saturated heterocycles. The second-order valence-corrected chi connectivity index (χ2v) is 7.41. The van der Waals surface area contributed by atoms with Crippen LogP contribution in [0.2, 0.25) is 0 Å². The molecule has 1 spiro atoms. The summed E-state index contributed by atoms with van der Waals surface area (Å²) in [7, 11) is 0. The first kappa shape index (κ1) is 16.6. The molecular weight excluding hydrogens is 343 g/mol. The number of likely N-dealkylation sites (tertiary alicyclic amines) is 1. The van der Waals surface area contributed by atoms with Gasteiger partial charge in [0.2, 0.25) is 0 Å². The van der Waals surface area contributed by atoms with Crippen LogP contribution in [0, 0.1) is 5.82 Å². The highest BCUT2D eigenvalue weighted by Gasteiger charge is 2.43. The lowest BCUT2D eigenvalue weighted by molar-refractivity contribution is -0.0821. The minimum absolute atomic E-state index is 0.197. The van der Waals surface area contributed by atoms with Gasteiger partial charge in [-0.05, 0) is 48.4 Å². The van der Waals surface area contributed by atoms with E-state index in [0.717, 1.165) is 55.4 Å². The summed E-state index contributed by atoms with van der Waals surface area (Å²) in [5.41, 5.74) is 2.89. The lowest BCUT2D eigenvalue weighted by Gasteiger charge is -2.35. The zero-order chi connectivity index (χ0) is 18.3. The van der Waals surface area contributed by atoms with Crippen LogP contribution in [0.5, 0.6) is 0 Å². The second kappa shape index (κ2) is 6.55. The summed E-state index contributed by atoms with van der Waals surface area (Å²) in [5.74, 6) is 0.709. The summed E-state index contributed by atoms with van der Waals surface area (Å²) in [6.07, 6.45) is 4.69. The van der Waals surface area contributed by atoms with Crippen LogP contribution in [0.25, 0.3) is 11.3 Å². The van der Waals surface area contributed by atoms with E-state index in [9.17, 15) is 4.39 Å². The van der Waals surface area contributed by atoms with Gasteiger partial charge in [-0.2, -0.15) is 0 Å². The average molecular weight is 364 g/mol. The molecule has 5 rings (SSSR count). The number of ether oxygens (including phenoxy) is 1. The largest absolute Gasteiger partial charge is 0.364 e. The van der Waals surface area contributed by atoms with Crippen LogP contribution in [0.15, 0.2) is 54.9 Å².